The van der Waals surface area contributed by atoms with Crippen molar-refractivity contribution in [2.24, 2.45) is 0 Å². The van der Waals surface area contributed by atoms with Crippen molar-refractivity contribution in [3.63, 3.8) is 0 Å². The molecule has 0 bridgehead atoms. The molecule has 1 aromatic heterocycles. The molecule has 3 nitrogen and oxygen atoms in total. The second kappa shape index (κ2) is 5.32. The maximum atomic E-state index is 5.14. The van der Waals surface area contributed by atoms with Crippen LogP contribution in [0.3, 0.4) is 0 Å². The Kier molecular flexibility index (Phi) is 4.35. The number of anilines is 1. The van der Waals surface area contributed by atoms with Crippen molar-refractivity contribution < 1.29 is 4.74 Å². The van der Waals surface area contributed by atoms with Gasteiger partial charge in [-0.05, 0) is 41.4 Å². The highest BCUT2D eigenvalue weighted by Crippen LogP contribution is 2.20. The molecule has 0 aliphatic rings. The van der Waals surface area contributed by atoms with Crippen LogP contribution >= 0.6 is 15.9 Å². The average Bonchev–Trinajstić information content (AvgIpc) is 2.19. The largest absolute Gasteiger partial charge is 0.380 e. The monoisotopic (exact) mass is 258 g/mol. The summed E-state index contributed by atoms with van der Waals surface area (Å²) in [5, 5.41) is 3.27. The van der Waals surface area contributed by atoms with Gasteiger partial charge < -0.3 is 10.1 Å². The Labute approximate surface area is 93.0 Å². The molecule has 1 heterocycles. The lowest BCUT2D eigenvalue weighted by Crippen LogP contribution is -2.18. The minimum Gasteiger partial charge on any atom is -0.380 e. The van der Waals surface area contributed by atoms with Crippen molar-refractivity contribution >= 4 is 21.6 Å². The Balaban J connectivity index is 2.62. The molecule has 0 aromatic carbocycles. The summed E-state index contributed by atoms with van der Waals surface area (Å²) in [6, 6.07) is 2.06. The average molecular weight is 259 g/mol. The number of aryl methyl sites for hydroxylation is 1. The highest BCUT2D eigenvalue weighted by atomic mass is 79.9. The third-order valence-corrected chi connectivity index (χ3v) is 2.59. The van der Waals surface area contributed by atoms with Gasteiger partial charge in [-0.25, -0.2) is 4.98 Å². The molecule has 0 aliphatic heterocycles. The van der Waals surface area contributed by atoms with Crippen LogP contribution in [0.2, 0.25) is 0 Å². The zero-order valence-electron chi connectivity index (χ0n) is 8.67. The number of aromatic nitrogens is 1. The van der Waals surface area contributed by atoms with E-state index in [4.69, 9.17) is 4.74 Å². The minimum atomic E-state index is 0.197. The number of hydrogen-bond donors (Lipinski definition) is 1. The number of nitrogens with one attached hydrogen (secondary N) is 1. The number of halogens is 1. The van der Waals surface area contributed by atoms with Gasteiger partial charge in [-0.15, -0.1) is 0 Å². The van der Waals surface area contributed by atoms with Gasteiger partial charge in [-0.1, -0.05) is 0 Å². The maximum Gasteiger partial charge on any atom is 0.129 e. The summed E-state index contributed by atoms with van der Waals surface area (Å²) >= 11 is 3.39. The van der Waals surface area contributed by atoms with E-state index in [1.54, 1.807) is 7.11 Å². The Morgan fingerprint density at radius 1 is 1.64 bits per heavy atom. The van der Waals surface area contributed by atoms with Gasteiger partial charge in [0.15, 0.2) is 0 Å². The molecule has 1 rings (SSSR count). The molecular weight excluding hydrogens is 244 g/mol. The topological polar surface area (TPSA) is 34.1 Å². The first-order valence-corrected chi connectivity index (χ1v) is 5.31. The number of rotatable bonds is 4. The van der Waals surface area contributed by atoms with Gasteiger partial charge >= 0.3 is 0 Å². The molecule has 0 saturated carbocycles. The zero-order valence-corrected chi connectivity index (χ0v) is 10.3. The molecule has 1 N–H and O–H groups in total. The molecule has 0 radical (unpaired) electrons. The molecule has 0 saturated heterocycles. The Hall–Kier alpha value is -0.610. The predicted molar refractivity (Wildman–Crippen MR) is 61.6 cm³/mol. The van der Waals surface area contributed by atoms with Crippen LogP contribution in [0.25, 0.3) is 0 Å². The fraction of sp³-hybridized carbons (Fsp3) is 0.500. The Bertz CT molecular complexity index is 304. The first-order chi connectivity index (χ1) is 6.63. The van der Waals surface area contributed by atoms with Crippen molar-refractivity contribution in [3.8, 4) is 0 Å². The van der Waals surface area contributed by atoms with E-state index in [1.807, 2.05) is 20.0 Å². The van der Waals surface area contributed by atoms with Gasteiger partial charge in [-0.2, -0.15) is 0 Å². The van der Waals surface area contributed by atoms with E-state index < -0.39 is 0 Å². The molecule has 0 aliphatic carbocycles. The van der Waals surface area contributed by atoms with E-state index in [9.17, 15) is 0 Å². The minimum absolute atomic E-state index is 0.197. The van der Waals surface area contributed by atoms with Crippen molar-refractivity contribution in [1.29, 1.82) is 0 Å². The second-order valence-electron chi connectivity index (χ2n) is 3.28. The molecule has 1 aromatic rings. The smallest absolute Gasteiger partial charge is 0.129 e. The molecule has 1 unspecified atom stereocenters. The summed E-state index contributed by atoms with van der Waals surface area (Å²) in [6.07, 6.45) is 2.03. The molecule has 14 heavy (non-hydrogen) atoms. The van der Waals surface area contributed by atoms with Gasteiger partial charge in [0.1, 0.15) is 4.60 Å². The molecule has 0 amide bonds. The summed E-state index contributed by atoms with van der Waals surface area (Å²) in [5.74, 6) is 0. The van der Waals surface area contributed by atoms with Crippen LogP contribution < -0.4 is 5.32 Å². The van der Waals surface area contributed by atoms with E-state index >= 15 is 0 Å². The van der Waals surface area contributed by atoms with Crippen LogP contribution in [0.15, 0.2) is 16.9 Å². The van der Waals surface area contributed by atoms with E-state index in [0.29, 0.717) is 0 Å². The van der Waals surface area contributed by atoms with E-state index in [0.717, 1.165) is 22.4 Å². The molecule has 0 spiro atoms. The first kappa shape index (κ1) is 11.5. The number of nitrogens with zero attached hydrogens (tertiary/aromatic N) is 1. The fourth-order valence-electron chi connectivity index (χ4n) is 1.01. The maximum absolute atomic E-state index is 5.14. The number of pyridine rings is 1. The van der Waals surface area contributed by atoms with Crippen LogP contribution in [-0.2, 0) is 4.74 Å². The summed E-state index contributed by atoms with van der Waals surface area (Å²) in [6.45, 7) is 4.81. The van der Waals surface area contributed by atoms with Crippen molar-refractivity contribution in [1.82, 2.24) is 4.98 Å². The van der Waals surface area contributed by atoms with Crippen LogP contribution in [0.5, 0.6) is 0 Å². The van der Waals surface area contributed by atoms with E-state index in [1.165, 1.54) is 0 Å². The van der Waals surface area contributed by atoms with Gasteiger partial charge in [0.2, 0.25) is 0 Å². The SMILES string of the molecule is COC(C)CNc1cc(C)cnc1Br. The van der Waals surface area contributed by atoms with Crippen molar-refractivity contribution in [2.75, 3.05) is 19.0 Å². The molecule has 1 atom stereocenters. The number of ether oxygens (including phenoxy) is 1. The fourth-order valence-corrected chi connectivity index (χ4v) is 1.37. The normalized spacial score (nSPS) is 12.6. The summed E-state index contributed by atoms with van der Waals surface area (Å²) in [4.78, 5) is 4.20. The van der Waals surface area contributed by atoms with Crippen molar-refractivity contribution in [2.45, 2.75) is 20.0 Å². The molecule has 4 heteroatoms. The Morgan fingerprint density at radius 2 is 2.36 bits per heavy atom. The first-order valence-electron chi connectivity index (χ1n) is 4.52. The third-order valence-electron chi connectivity index (χ3n) is 1.96. The highest BCUT2D eigenvalue weighted by molar-refractivity contribution is 9.10. The van der Waals surface area contributed by atoms with Crippen LogP contribution in [0.1, 0.15) is 12.5 Å². The summed E-state index contributed by atoms with van der Waals surface area (Å²) in [7, 11) is 1.70. The number of hydrogen-bond acceptors (Lipinski definition) is 3. The second-order valence-corrected chi connectivity index (χ2v) is 4.03. The third kappa shape index (κ3) is 3.27. The lowest BCUT2D eigenvalue weighted by molar-refractivity contribution is 0.129. The standard InChI is InChI=1S/C10H15BrN2O/c1-7-4-9(10(11)13-5-7)12-6-8(2)14-3/h4-5,8,12H,6H2,1-3H3. The summed E-state index contributed by atoms with van der Waals surface area (Å²) < 4.78 is 5.98. The van der Waals surface area contributed by atoms with Crippen molar-refractivity contribution in [3.05, 3.63) is 22.4 Å². The summed E-state index contributed by atoms with van der Waals surface area (Å²) in [5.41, 5.74) is 2.15. The van der Waals surface area contributed by atoms with Gasteiger partial charge in [-0.3, -0.25) is 0 Å². The van der Waals surface area contributed by atoms with Crippen LogP contribution in [-0.4, -0.2) is 24.7 Å². The quantitative estimate of drug-likeness (QED) is 0.844. The van der Waals surface area contributed by atoms with Gasteiger partial charge in [0.25, 0.3) is 0 Å². The van der Waals surface area contributed by atoms with Crippen LogP contribution in [0, 0.1) is 6.92 Å². The van der Waals surface area contributed by atoms with E-state index in [2.05, 4.69) is 32.3 Å². The zero-order chi connectivity index (χ0) is 10.6. The van der Waals surface area contributed by atoms with Gasteiger partial charge in [0, 0.05) is 19.9 Å². The molecule has 78 valence electrons. The van der Waals surface area contributed by atoms with Crippen LogP contribution in [0.4, 0.5) is 5.69 Å². The lowest BCUT2D eigenvalue weighted by atomic mass is 10.3. The van der Waals surface area contributed by atoms with E-state index in [-0.39, 0.29) is 6.10 Å². The highest BCUT2D eigenvalue weighted by Gasteiger charge is 2.03. The predicted octanol–water partition coefficient (Wildman–Crippen LogP) is 2.60. The molecule has 0 fully saturated rings. The molecular formula is C10H15BrN2O. The van der Waals surface area contributed by atoms with Gasteiger partial charge in [0.05, 0.1) is 11.8 Å². The lowest BCUT2D eigenvalue weighted by Gasteiger charge is -2.12. The Morgan fingerprint density at radius 3 is 3.00 bits per heavy atom. The number of methoxy groups -OCH3 is 1.